The van der Waals surface area contributed by atoms with Gasteiger partial charge in [-0.2, -0.15) is 5.10 Å². The van der Waals surface area contributed by atoms with Gasteiger partial charge in [-0.1, -0.05) is 18.2 Å². The summed E-state index contributed by atoms with van der Waals surface area (Å²) in [6.45, 7) is 4.73. The summed E-state index contributed by atoms with van der Waals surface area (Å²) in [5.74, 6) is -0.153. The number of fused-ring (bicyclic) bond motifs is 1. The first-order valence-corrected chi connectivity index (χ1v) is 14.6. The van der Waals surface area contributed by atoms with E-state index in [0.29, 0.717) is 48.4 Å². The third kappa shape index (κ3) is 6.42. The van der Waals surface area contributed by atoms with E-state index in [4.69, 9.17) is 24.5 Å². The summed E-state index contributed by atoms with van der Waals surface area (Å²) in [7, 11) is 0. The molecule has 6 rings (SSSR count). The number of nitrogens with zero attached hydrogens (tertiary/aromatic N) is 5. The van der Waals surface area contributed by atoms with Crippen LogP contribution in [0.2, 0.25) is 0 Å². The first-order chi connectivity index (χ1) is 21.4. The van der Waals surface area contributed by atoms with Gasteiger partial charge < -0.3 is 14.8 Å². The molecule has 11 heteroatoms. The van der Waals surface area contributed by atoms with E-state index in [1.165, 1.54) is 19.1 Å². The maximum atomic E-state index is 15.0. The van der Waals surface area contributed by atoms with Crippen LogP contribution in [0, 0.1) is 11.6 Å². The van der Waals surface area contributed by atoms with E-state index < -0.39 is 11.6 Å². The van der Waals surface area contributed by atoms with Crippen molar-refractivity contribution in [2.45, 2.75) is 45.6 Å². The molecular formula is C33H32F2N6O3. The molecule has 0 aliphatic carbocycles. The van der Waals surface area contributed by atoms with Crippen LogP contribution in [0.15, 0.2) is 60.8 Å². The number of ether oxygens (including phenoxy) is 2. The van der Waals surface area contributed by atoms with Gasteiger partial charge in [0, 0.05) is 78.0 Å². The number of pyridine rings is 1. The van der Waals surface area contributed by atoms with Crippen LogP contribution in [0.5, 0.6) is 5.75 Å². The Labute approximate surface area is 253 Å². The molecule has 2 aromatic carbocycles. The fraction of sp³-hybridized carbons (Fsp3) is 0.303. The second-order valence-corrected chi connectivity index (χ2v) is 10.7. The minimum atomic E-state index is -0.708. The lowest BCUT2D eigenvalue weighted by Gasteiger charge is -2.22. The Morgan fingerprint density at radius 3 is 2.59 bits per heavy atom. The summed E-state index contributed by atoms with van der Waals surface area (Å²) >= 11 is 0. The molecule has 0 spiro atoms. The zero-order valence-corrected chi connectivity index (χ0v) is 24.5. The van der Waals surface area contributed by atoms with Crippen LogP contribution in [0.1, 0.15) is 49.6 Å². The number of carbonyl (C=O) groups is 1. The molecule has 1 N–H and O–H groups in total. The van der Waals surface area contributed by atoms with Crippen LogP contribution < -0.4 is 10.1 Å². The molecule has 0 amide bonds. The summed E-state index contributed by atoms with van der Waals surface area (Å²) in [6, 6.07) is 15.4. The summed E-state index contributed by atoms with van der Waals surface area (Å²) < 4.78 is 42.5. The van der Waals surface area contributed by atoms with Gasteiger partial charge in [0.25, 0.3) is 0 Å². The van der Waals surface area contributed by atoms with Crippen LogP contribution in [-0.4, -0.2) is 50.3 Å². The number of para-hydroxylation sites is 1. The molecule has 0 radical (unpaired) electrons. The van der Waals surface area contributed by atoms with E-state index in [-0.39, 0.29) is 36.0 Å². The van der Waals surface area contributed by atoms with Crippen molar-refractivity contribution < 1.29 is 23.0 Å². The first-order valence-electron chi connectivity index (χ1n) is 14.6. The maximum absolute atomic E-state index is 15.0. The van der Waals surface area contributed by atoms with Gasteiger partial charge in [-0.05, 0) is 44.9 Å². The van der Waals surface area contributed by atoms with Crippen molar-refractivity contribution in [3.05, 3.63) is 89.4 Å². The molecule has 3 aromatic heterocycles. The number of Topliss-reactive ketones (excluding diaryl/α,β-unsaturated/α-hetero) is 1. The molecule has 44 heavy (non-hydrogen) atoms. The average Bonchev–Trinajstić information content (AvgIpc) is 3.38. The minimum Gasteiger partial charge on any atom is -0.494 e. The number of halogens is 2. The standard InChI is InChI=1S/C33H32F2N6O3/c1-3-44-24-16-27(34)26(28(35)17-24)19-41-30-7-5-4-6-25(30)32(40-41)33-38-29(21-9-12-43-13-10-21)18-31(39-33)37-22-8-11-36-23(15-22)14-20(2)42/h4-8,11,15-18,21H,3,9-10,12-14,19H2,1-2H3,(H,36,37,38,39). The largest absolute Gasteiger partial charge is 0.494 e. The van der Waals surface area contributed by atoms with Crippen molar-refractivity contribution in [3.63, 3.8) is 0 Å². The van der Waals surface area contributed by atoms with Gasteiger partial charge >= 0.3 is 0 Å². The zero-order chi connectivity index (χ0) is 30.6. The second-order valence-electron chi connectivity index (χ2n) is 10.7. The molecule has 9 nitrogen and oxygen atoms in total. The van der Waals surface area contributed by atoms with Crippen molar-refractivity contribution in [1.82, 2.24) is 24.7 Å². The maximum Gasteiger partial charge on any atom is 0.182 e. The predicted octanol–water partition coefficient (Wildman–Crippen LogP) is 6.38. The number of hydrogen-bond acceptors (Lipinski definition) is 8. The third-order valence-electron chi connectivity index (χ3n) is 7.51. The fourth-order valence-corrected chi connectivity index (χ4v) is 5.44. The highest BCUT2D eigenvalue weighted by Crippen LogP contribution is 2.33. The lowest BCUT2D eigenvalue weighted by atomic mass is 9.96. The Morgan fingerprint density at radius 2 is 1.84 bits per heavy atom. The molecule has 1 saturated heterocycles. The van der Waals surface area contributed by atoms with Gasteiger partial charge in [0.15, 0.2) is 5.82 Å². The highest BCUT2D eigenvalue weighted by Gasteiger charge is 2.23. The highest BCUT2D eigenvalue weighted by atomic mass is 19.1. The van der Waals surface area contributed by atoms with E-state index in [0.717, 1.165) is 29.6 Å². The second kappa shape index (κ2) is 12.8. The Hall–Kier alpha value is -4.77. The first kappa shape index (κ1) is 29.3. The Balaban J connectivity index is 1.42. The van der Waals surface area contributed by atoms with Crippen molar-refractivity contribution in [2.24, 2.45) is 0 Å². The summed E-state index contributed by atoms with van der Waals surface area (Å²) in [5.41, 5.74) is 3.30. The zero-order valence-electron chi connectivity index (χ0n) is 24.5. The summed E-state index contributed by atoms with van der Waals surface area (Å²) in [5, 5.41) is 8.91. The van der Waals surface area contributed by atoms with E-state index >= 15 is 8.78 Å². The Bertz CT molecular complexity index is 1800. The van der Waals surface area contributed by atoms with Gasteiger partial charge in [0.2, 0.25) is 0 Å². The quantitative estimate of drug-likeness (QED) is 0.198. The lowest BCUT2D eigenvalue weighted by molar-refractivity contribution is -0.116. The van der Waals surface area contributed by atoms with Crippen molar-refractivity contribution >= 4 is 28.2 Å². The molecule has 0 atom stereocenters. The third-order valence-corrected chi connectivity index (χ3v) is 7.51. The molecule has 1 aliphatic rings. The van der Waals surface area contributed by atoms with Crippen molar-refractivity contribution in [1.29, 1.82) is 0 Å². The smallest absolute Gasteiger partial charge is 0.182 e. The summed E-state index contributed by atoms with van der Waals surface area (Å²) in [6.07, 6.45) is 3.52. The van der Waals surface area contributed by atoms with Crippen LogP contribution in [0.4, 0.5) is 20.3 Å². The molecule has 1 aliphatic heterocycles. The van der Waals surface area contributed by atoms with Crippen LogP contribution in [-0.2, 0) is 22.5 Å². The normalized spacial score (nSPS) is 13.7. The van der Waals surface area contributed by atoms with Crippen LogP contribution in [0.25, 0.3) is 22.4 Å². The van der Waals surface area contributed by atoms with E-state index in [2.05, 4.69) is 10.3 Å². The van der Waals surface area contributed by atoms with Crippen molar-refractivity contribution in [3.8, 4) is 17.3 Å². The van der Waals surface area contributed by atoms with Gasteiger partial charge in [-0.15, -0.1) is 0 Å². The number of aromatic nitrogens is 5. The van der Waals surface area contributed by atoms with E-state index in [9.17, 15) is 4.79 Å². The molecule has 5 aromatic rings. The number of ketones is 1. The molecule has 226 valence electrons. The Kier molecular flexibility index (Phi) is 8.56. The number of carbonyl (C=O) groups excluding carboxylic acids is 1. The van der Waals surface area contributed by atoms with E-state index in [1.807, 2.05) is 42.5 Å². The predicted molar refractivity (Wildman–Crippen MR) is 162 cm³/mol. The van der Waals surface area contributed by atoms with E-state index in [1.54, 1.807) is 17.8 Å². The monoisotopic (exact) mass is 598 g/mol. The van der Waals surface area contributed by atoms with Gasteiger partial charge in [-0.3, -0.25) is 14.5 Å². The highest BCUT2D eigenvalue weighted by molar-refractivity contribution is 5.92. The molecule has 0 saturated carbocycles. The number of hydrogen-bond donors (Lipinski definition) is 1. The van der Waals surface area contributed by atoms with Crippen LogP contribution >= 0.6 is 0 Å². The molecule has 4 heterocycles. The lowest BCUT2D eigenvalue weighted by Crippen LogP contribution is -2.16. The topological polar surface area (TPSA) is 104 Å². The van der Waals surface area contributed by atoms with Gasteiger partial charge in [0.05, 0.1) is 18.7 Å². The van der Waals surface area contributed by atoms with Gasteiger partial charge in [0.1, 0.15) is 34.7 Å². The SMILES string of the molecule is CCOc1cc(F)c(Cn2nc(-c3nc(Nc4ccnc(CC(C)=O)c4)cc(C4CCOCC4)n3)c3ccccc32)c(F)c1. The Morgan fingerprint density at radius 1 is 1.07 bits per heavy atom. The minimum absolute atomic E-state index is 0.0215. The molecule has 0 bridgehead atoms. The molecule has 1 fully saturated rings. The number of benzene rings is 2. The number of nitrogens with one attached hydrogen (secondary N) is 1. The number of anilines is 2. The molecular weight excluding hydrogens is 566 g/mol. The number of rotatable bonds is 10. The molecule has 0 unspecified atom stereocenters. The fourth-order valence-electron chi connectivity index (χ4n) is 5.44. The van der Waals surface area contributed by atoms with Crippen molar-refractivity contribution in [2.75, 3.05) is 25.1 Å². The van der Waals surface area contributed by atoms with Crippen LogP contribution in [0.3, 0.4) is 0 Å². The van der Waals surface area contributed by atoms with Gasteiger partial charge in [-0.25, -0.2) is 18.7 Å². The summed E-state index contributed by atoms with van der Waals surface area (Å²) in [4.78, 5) is 25.8. The average molecular weight is 599 g/mol.